The quantitative estimate of drug-likeness (QED) is 0.891. The molecule has 0 heterocycles. The zero-order chi connectivity index (χ0) is 15.9. The van der Waals surface area contributed by atoms with Crippen LogP contribution in [0.4, 0.5) is 4.39 Å². The van der Waals surface area contributed by atoms with Crippen molar-refractivity contribution >= 4 is 11.8 Å². The minimum atomic E-state index is -0.301. The minimum Gasteiger partial charge on any atom is -0.352 e. The first kappa shape index (κ1) is 15.7. The van der Waals surface area contributed by atoms with Gasteiger partial charge in [0.1, 0.15) is 5.82 Å². The maximum Gasteiger partial charge on any atom is 0.251 e. The van der Waals surface area contributed by atoms with Gasteiger partial charge in [0, 0.05) is 25.6 Å². The van der Waals surface area contributed by atoms with Gasteiger partial charge in [0.15, 0.2) is 0 Å². The predicted molar refractivity (Wildman–Crippen MR) is 81.5 cm³/mol. The van der Waals surface area contributed by atoms with Crippen molar-refractivity contribution in [3.63, 3.8) is 0 Å². The van der Waals surface area contributed by atoms with Crippen LogP contribution in [0.1, 0.15) is 28.4 Å². The zero-order valence-corrected chi connectivity index (χ0v) is 12.2. The van der Waals surface area contributed by atoms with Crippen molar-refractivity contribution in [3.05, 3.63) is 71.0 Å². The largest absolute Gasteiger partial charge is 0.352 e. The molecular weight excluding hydrogens is 283 g/mol. The molecule has 0 atom stereocenters. The highest BCUT2D eigenvalue weighted by Crippen LogP contribution is 2.06. The van der Waals surface area contributed by atoms with Crippen LogP contribution in [0.25, 0.3) is 0 Å². The first-order valence-electron chi connectivity index (χ1n) is 6.90. The Labute approximate surface area is 128 Å². The molecule has 0 saturated heterocycles. The SMILES string of the molecule is CC(=O)NCc1ccc(C(=O)NCc2ccc(F)cc2)cc1. The van der Waals surface area contributed by atoms with Gasteiger partial charge in [-0.2, -0.15) is 0 Å². The Bertz CT molecular complexity index is 651. The lowest BCUT2D eigenvalue weighted by molar-refractivity contribution is -0.119. The van der Waals surface area contributed by atoms with Crippen LogP contribution >= 0.6 is 0 Å². The van der Waals surface area contributed by atoms with Crippen LogP contribution in [0.2, 0.25) is 0 Å². The molecule has 2 aromatic carbocycles. The summed E-state index contributed by atoms with van der Waals surface area (Å²) in [6.07, 6.45) is 0. The third-order valence-electron chi connectivity index (χ3n) is 3.12. The highest BCUT2D eigenvalue weighted by atomic mass is 19.1. The van der Waals surface area contributed by atoms with E-state index in [1.54, 1.807) is 36.4 Å². The third kappa shape index (κ3) is 4.70. The lowest BCUT2D eigenvalue weighted by atomic mass is 10.1. The van der Waals surface area contributed by atoms with Crippen molar-refractivity contribution in [3.8, 4) is 0 Å². The Hall–Kier alpha value is -2.69. The van der Waals surface area contributed by atoms with Gasteiger partial charge >= 0.3 is 0 Å². The Morgan fingerprint density at radius 1 is 0.864 bits per heavy atom. The average molecular weight is 300 g/mol. The topological polar surface area (TPSA) is 58.2 Å². The van der Waals surface area contributed by atoms with Crippen LogP contribution in [0.3, 0.4) is 0 Å². The maximum atomic E-state index is 12.8. The fourth-order valence-electron chi connectivity index (χ4n) is 1.89. The molecule has 0 fully saturated rings. The molecule has 0 aliphatic heterocycles. The van der Waals surface area contributed by atoms with Crippen molar-refractivity contribution in [2.75, 3.05) is 0 Å². The second-order valence-corrected chi connectivity index (χ2v) is 4.92. The van der Waals surface area contributed by atoms with Gasteiger partial charge in [-0.05, 0) is 35.4 Å². The van der Waals surface area contributed by atoms with E-state index < -0.39 is 0 Å². The number of amides is 2. The van der Waals surface area contributed by atoms with E-state index in [9.17, 15) is 14.0 Å². The number of hydrogen-bond donors (Lipinski definition) is 2. The highest BCUT2D eigenvalue weighted by molar-refractivity contribution is 5.94. The van der Waals surface area contributed by atoms with Gasteiger partial charge < -0.3 is 10.6 Å². The Kier molecular flexibility index (Phi) is 5.25. The smallest absolute Gasteiger partial charge is 0.251 e. The van der Waals surface area contributed by atoms with E-state index in [1.165, 1.54) is 19.1 Å². The molecule has 2 N–H and O–H groups in total. The molecule has 0 unspecified atom stereocenters. The van der Waals surface area contributed by atoms with E-state index in [0.717, 1.165) is 11.1 Å². The molecule has 0 spiro atoms. The number of benzene rings is 2. The van der Waals surface area contributed by atoms with Crippen LogP contribution < -0.4 is 10.6 Å². The predicted octanol–water partition coefficient (Wildman–Crippen LogP) is 2.39. The summed E-state index contributed by atoms with van der Waals surface area (Å²) < 4.78 is 12.8. The van der Waals surface area contributed by atoms with Gasteiger partial charge in [-0.1, -0.05) is 24.3 Å². The summed E-state index contributed by atoms with van der Waals surface area (Å²) in [4.78, 5) is 22.8. The van der Waals surface area contributed by atoms with E-state index in [4.69, 9.17) is 0 Å². The summed E-state index contributed by atoms with van der Waals surface area (Å²) in [6, 6.07) is 13.0. The van der Waals surface area contributed by atoms with Crippen molar-refractivity contribution in [1.82, 2.24) is 10.6 Å². The monoisotopic (exact) mass is 300 g/mol. The lowest BCUT2D eigenvalue weighted by Gasteiger charge is -2.07. The first-order chi connectivity index (χ1) is 10.5. The first-order valence-corrected chi connectivity index (χ1v) is 6.90. The van der Waals surface area contributed by atoms with Crippen LogP contribution in [-0.4, -0.2) is 11.8 Å². The maximum absolute atomic E-state index is 12.8. The second kappa shape index (κ2) is 7.36. The third-order valence-corrected chi connectivity index (χ3v) is 3.12. The van der Waals surface area contributed by atoms with Crippen LogP contribution in [0, 0.1) is 5.82 Å². The molecule has 0 aromatic heterocycles. The van der Waals surface area contributed by atoms with E-state index in [-0.39, 0.29) is 17.6 Å². The van der Waals surface area contributed by atoms with Crippen LogP contribution in [-0.2, 0) is 17.9 Å². The Morgan fingerprint density at radius 2 is 1.36 bits per heavy atom. The number of carbonyl (C=O) groups is 2. The molecule has 0 bridgehead atoms. The summed E-state index contributed by atoms with van der Waals surface area (Å²) >= 11 is 0. The summed E-state index contributed by atoms with van der Waals surface area (Å²) in [6.45, 7) is 2.23. The molecule has 0 aliphatic rings. The van der Waals surface area contributed by atoms with Crippen LogP contribution in [0.5, 0.6) is 0 Å². The Balaban J connectivity index is 1.89. The molecule has 5 heteroatoms. The van der Waals surface area contributed by atoms with E-state index in [0.29, 0.717) is 18.7 Å². The standard InChI is InChI=1S/C17H17FN2O2/c1-12(21)19-10-13-2-6-15(7-3-13)17(22)20-11-14-4-8-16(18)9-5-14/h2-9H,10-11H2,1H3,(H,19,21)(H,20,22). The van der Waals surface area contributed by atoms with Gasteiger partial charge in [0.05, 0.1) is 0 Å². The van der Waals surface area contributed by atoms with E-state index in [2.05, 4.69) is 10.6 Å². The van der Waals surface area contributed by atoms with E-state index >= 15 is 0 Å². The minimum absolute atomic E-state index is 0.0962. The second-order valence-electron chi connectivity index (χ2n) is 4.92. The fourth-order valence-corrected chi connectivity index (χ4v) is 1.89. The van der Waals surface area contributed by atoms with Gasteiger partial charge in [-0.25, -0.2) is 4.39 Å². The van der Waals surface area contributed by atoms with Crippen LogP contribution in [0.15, 0.2) is 48.5 Å². The number of nitrogens with one attached hydrogen (secondary N) is 2. The molecule has 0 saturated carbocycles. The van der Waals surface area contributed by atoms with Crippen molar-refractivity contribution < 1.29 is 14.0 Å². The average Bonchev–Trinajstić information content (AvgIpc) is 2.52. The summed E-state index contributed by atoms with van der Waals surface area (Å²) in [7, 11) is 0. The molecule has 0 aliphatic carbocycles. The molecule has 2 aromatic rings. The fraction of sp³-hybridized carbons (Fsp3) is 0.176. The molecule has 4 nitrogen and oxygen atoms in total. The normalized spacial score (nSPS) is 10.1. The van der Waals surface area contributed by atoms with Gasteiger partial charge in [0.2, 0.25) is 5.91 Å². The van der Waals surface area contributed by atoms with Gasteiger partial charge in [-0.15, -0.1) is 0 Å². The number of carbonyl (C=O) groups excluding carboxylic acids is 2. The van der Waals surface area contributed by atoms with Crippen molar-refractivity contribution in [1.29, 1.82) is 0 Å². The number of hydrogen-bond acceptors (Lipinski definition) is 2. The highest BCUT2D eigenvalue weighted by Gasteiger charge is 2.05. The van der Waals surface area contributed by atoms with Gasteiger partial charge in [-0.3, -0.25) is 9.59 Å². The van der Waals surface area contributed by atoms with Crippen molar-refractivity contribution in [2.45, 2.75) is 20.0 Å². The molecule has 2 rings (SSSR count). The van der Waals surface area contributed by atoms with Gasteiger partial charge in [0.25, 0.3) is 5.91 Å². The van der Waals surface area contributed by atoms with E-state index in [1.807, 2.05) is 0 Å². The van der Waals surface area contributed by atoms with Crippen molar-refractivity contribution in [2.24, 2.45) is 0 Å². The Morgan fingerprint density at radius 3 is 1.91 bits per heavy atom. The zero-order valence-electron chi connectivity index (χ0n) is 12.2. The summed E-state index contributed by atoms with van der Waals surface area (Å²) in [5.41, 5.74) is 2.29. The molecule has 2 amide bonds. The molecular formula is C17H17FN2O2. The molecule has 0 radical (unpaired) electrons. The lowest BCUT2D eigenvalue weighted by Crippen LogP contribution is -2.23. The molecule has 114 valence electrons. The summed E-state index contributed by atoms with van der Waals surface area (Å²) in [5.74, 6) is -0.596. The summed E-state index contributed by atoms with van der Waals surface area (Å²) in [5, 5.41) is 5.46. The number of halogens is 1. The number of rotatable bonds is 5. The molecule has 22 heavy (non-hydrogen) atoms.